The summed E-state index contributed by atoms with van der Waals surface area (Å²) in [5.41, 5.74) is -0.349. The SMILES string of the molecule is CCCCC(CC)CC1(O)CCCC(C(C)C)CC1. The highest BCUT2D eigenvalue weighted by molar-refractivity contribution is 4.86. The van der Waals surface area contributed by atoms with E-state index >= 15 is 0 Å². The second-order valence-corrected chi connectivity index (χ2v) is 7.28. The van der Waals surface area contributed by atoms with E-state index in [0.29, 0.717) is 0 Å². The van der Waals surface area contributed by atoms with Crippen LogP contribution in [0.4, 0.5) is 0 Å². The van der Waals surface area contributed by atoms with Gasteiger partial charge in [-0.05, 0) is 43.4 Å². The van der Waals surface area contributed by atoms with Gasteiger partial charge in [0.15, 0.2) is 0 Å². The standard InChI is InChI=1S/C18H36O/c1-5-7-9-16(6-2)14-18(19)12-8-10-17(11-13-18)15(3)4/h15-17,19H,5-14H2,1-4H3. The Morgan fingerprint density at radius 2 is 1.89 bits per heavy atom. The van der Waals surface area contributed by atoms with E-state index in [1.165, 1.54) is 44.9 Å². The van der Waals surface area contributed by atoms with Crippen molar-refractivity contribution in [2.45, 2.75) is 97.5 Å². The normalized spacial score (nSPS) is 30.3. The van der Waals surface area contributed by atoms with Crippen molar-refractivity contribution in [3.8, 4) is 0 Å². The maximum Gasteiger partial charge on any atom is 0.0650 e. The third kappa shape index (κ3) is 5.85. The molecule has 1 rings (SSSR count). The van der Waals surface area contributed by atoms with Crippen LogP contribution < -0.4 is 0 Å². The monoisotopic (exact) mass is 268 g/mol. The third-order valence-electron chi connectivity index (χ3n) is 5.35. The number of hydrogen-bond donors (Lipinski definition) is 1. The molecule has 0 bridgehead atoms. The molecular weight excluding hydrogens is 232 g/mol. The number of rotatable bonds is 7. The van der Waals surface area contributed by atoms with Crippen molar-refractivity contribution in [1.82, 2.24) is 0 Å². The minimum atomic E-state index is -0.349. The molecule has 0 aromatic heterocycles. The zero-order valence-corrected chi connectivity index (χ0v) is 13.8. The lowest BCUT2D eigenvalue weighted by atomic mass is 9.81. The second kappa shape index (κ2) is 8.29. The molecule has 0 amide bonds. The molecule has 1 saturated carbocycles. The maximum absolute atomic E-state index is 11.0. The summed E-state index contributed by atoms with van der Waals surface area (Å²) in [4.78, 5) is 0. The summed E-state index contributed by atoms with van der Waals surface area (Å²) >= 11 is 0. The van der Waals surface area contributed by atoms with Gasteiger partial charge in [0.1, 0.15) is 0 Å². The number of aliphatic hydroxyl groups is 1. The first-order chi connectivity index (χ1) is 9.00. The van der Waals surface area contributed by atoms with E-state index in [1.54, 1.807) is 0 Å². The van der Waals surface area contributed by atoms with Crippen LogP contribution in [0.25, 0.3) is 0 Å². The van der Waals surface area contributed by atoms with Gasteiger partial charge in [0, 0.05) is 0 Å². The van der Waals surface area contributed by atoms with E-state index < -0.39 is 0 Å². The van der Waals surface area contributed by atoms with E-state index in [1.807, 2.05) is 0 Å². The molecule has 1 fully saturated rings. The van der Waals surface area contributed by atoms with Crippen LogP contribution in [0.5, 0.6) is 0 Å². The van der Waals surface area contributed by atoms with E-state index in [-0.39, 0.29) is 5.60 Å². The molecule has 1 nitrogen and oxygen atoms in total. The Morgan fingerprint density at radius 1 is 1.16 bits per heavy atom. The molecule has 0 aromatic carbocycles. The van der Waals surface area contributed by atoms with Gasteiger partial charge in [0.25, 0.3) is 0 Å². The summed E-state index contributed by atoms with van der Waals surface area (Å²) in [6.07, 6.45) is 12.1. The van der Waals surface area contributed by atoms with E-state index in [2.05, 4.69) is 27.7 Å². The molecule has 0 saturated heterocycles. The van der Waals surface area contributed by atoms with Crippen molar-refractivity contribution in [2.24, 2.45) is 17.8 Å². The van der Waals surface area contributed by atoms with Gasteiger partial charge in [-0.3, -0.25) is 0 Å². The first kappa shape index (κ1) is 17.0. The van der Waals surface area contributed by atoms with Crippen molar-refractivity contribution in [3.63, 3.8) is 0 Å². The molecule has 3 unspecified atom stereocenters. The molecule has 0 heterocycles. The molecule has 0 radical (unpaired) electrons. The molecule has 1 heteroatoms. The molecule has 0 aromatic rings. The third-order valence-corrected chi connectivity index (χ3v) is 5.35. The Bertz CT molecular complexity index is 236. The average Bonchev–Trinajstić information content (AvgIpc) is 2.57. The van der Waals surface area contributed by atoms with Crippen LogP contribution in [-0.2, 0) is 0 Å². The van der Waals surface area contributed by atoms with Crippen LogP contribution in [0.2, 0.25) is 0 Å². The first-order valence-electron chi connectivity index (χ1n) is 8.73. The molecule has 1 aliphatic carbocycles. The largest absolute Gasteiger partial charge is 0.390 e. The van der Waals surface area contributed by atoms with Gasteiger partial charge < -0.3 is 5.11 Å². The molecule has 1 N–H and O–H groups in total. The smallest absolute Gasteiger partial charge is 0.0650 e. The van der Waals surface area contributed by atoms with Gasteiger partial charge in [0.05, 0.1) is 5.60 Å². The van der Waals surface area contributed by atoms with Gasteiger partial charge in [-0.1, -0.05) is 66.2 Å². The van der Waals surface area contributed by atoms with Crippen LogP contribution in [0.3, 0.4) is 0 Å². The van der Waals surface area contributed by atoms with Crippen LogP contribution in [-0.4, -0.2) is 10.7 Å². The maximum atomic E-state index is 11.0. The van der Waals surface area contributed by atoms with Crippen molar-refractivity contribution < 1.29 is 5.11 Å². The van der Waals surface area contributed by atoms with Crippen molar-refractivity contribution in [3.05, 3.63) is 0 Å². The minimum Gasteiger partial charge on any atom is -0.390 e. The molecule has 0 aliphatic heterocycles. The summed E-state index contributed by atoms with van der Waals surface area (Å²) in [6.45, 7) is 9.23. The zero-order chi connectivity index (χ0) is 14.3. The predicted molar refractivity (Wildman–Crippen MR) is 84.3 cm³/mol. The quantitative estimate of drug-likeness (QED) is 0.599. The molecular formula is C18H36O. The number of unbranched alkanes of at least 4 members (excludes halogenated alkanes) is 1. The summed E-state index contributed by atoms with van der Waals surface area (Å²) in [7, 11) is 0. The van der Waals surface area contributed by atoms with E-state index in [4.69, 9.17) is 0 Å². The van der Waals surface area contributed by atoms with Gasteiger partial charge in [0.2, 0.25) is 0 Å². The molecule has 1 aliphatic rings. The van der Waals surface area contributed by atoms with E-state index in [9.17, 15) is 5.11 Å². The highest BCUT2D eigenvalue weighted by Gasteiger charge is 2.33. The Kier molecular flexibility index (Phi) is 7.42. The fraction of sp³-hybridized carbons (Fsp3) is 1.00. The van der Waals surface area contributed by atoms with Gasteiger partial charge in [-0.25, -0.2) is 0 Å². The summed E-state index contributed by atoms with van der Waals surface area (Å²) in [6, 6.07) is 0. The Morgan fingerprint density at radius 3 is 2.47 bits per heavy atom. The Labute approximate surface area is 121 Å². The van der Waals surface area contributed by atoms with Gasteiger partial charge in [-0.2, -0.15) is 0 Å². The van der Waals surface area contributed by atoms with Crippen LogP contribution in [0.15, 0.2) is 0 Å². The highest BCUT2D eigenvalue weighted by atomic mass is 16.3. The van der Waals surface area contributed by atoms with Crippen LogP contribution >= 0.6 is 0 Å². The Balaban J connectivity index is 2.50. The lowest BCUT2D eigenvalue weighted by molar-refractivity contribution is -0.00211. The molecule has 19 heavy (non-hydrogen) atoms. The van der Waals surface area contributed by atoms with Crippen molar-refractivity contribution in [2.75, 3.05) is 0 Å². The summed E-state index contributed by atoms with van der Waals surface area (Å²) in [5, 5.41) is 11.0. The average molecular weight is 268 g/mol. The minimum absolute atomic E-state index is 0.349. The topological polar surface area (TPSA) is 20.2 Å². The number of hydrogen-bond acceptors (Lipinski definition) is 1. The summed E-state index contributed by atoms with van der Waals surface area (Å²) < 4.78 is 0. The van der Waals surface area contributed by atoms with E-state index in [0.717, 1.165) is 37.0 Å². The summed E-state index contributed by atoms with van der Waals surface area (Å²) in [5.74, 6) is 2.36. The lowest BCUT2D eigenvalue weighted by Gasteiger charge is -2.31. The fourth-order valence-corrected chi connectivity index (χ4v) is 3.77. The molecule has 0 spiro atoms. The Hall–Kier alpha value is -0.0400. The zero-order valence-electron chi connectivity index (χ0n) is 13.8. The fourth-order valence-electron chi connectivity index (χ4n) is 3.77. The first-order valence-corrected chi connectivity index (χ1v) is 8.73. The molecule has 114 valence electrons. The van der Waals surface area contributed by atoms with Crippen molar-refractivity contribution in [1.29, 1.82) is 0 Å². The predicted octanol–water partition coefficient (Wildman–Crippen LogP) is 5.56. The van der Waals surface area contributed by atoms with Gasteiger partial charge in [-0.15, -0.1) is 0 Å². The second-order valence-electron chi connectivity index (χ2n) is 7.28. The highest BCUT2D eigenvalue weighted by Crippen LogP contribution is 2.38. The van der Waals surface area contributed by atoms with Gasteiger partial charge >= 0.3 is 0 Å². The van der Waals surface area contributed by atoms with Crippen LogP contribution in [0.1, 0.15) is 91.9 Å². The van der Waals surface area contributed by atoms with Crippen molar-refractivity contribution >= 4 is 0 Å². The van der Waals surface area contributed by atoms with Crippen LogP contribution in [0, 0.1) is 17.8 Å². The molecule has 3 atom stereocenters. The lowest BCUT2D eigenvalue weighted by Crippen LogP contribution is -2.31.